The van der Waals surface area contributed by atoms with Crippen molar-refractivity contribution in [3.63, 3.8) is 0 Å². The molecule has 2 rings (SSSR count). The average molecular weight is 721 g/mol. The molecule has 2 aromatic carbocycles. The molecule has 0 amide bonds. The van der Waals surface area contributed by atoms with Crippen LogP contribution in [0.15, 0.2) is 48.5 Å². The number of nitrogens with zero attached hydrogens (tertiary/aromatic N) is 2. The summed E-state index contributed by atoms with van der Waals surface area (Å²) in [6, 6.07) is 17.6. The van der Waals surface area contributed by atoms with Crippen molar-refractivity contribution in [2.45, 2.75) is 182 Å². The predicted molar refractivity (Wildman–Crippen MR) is 228 cm³/mol. The van der Waals surface area contributed by atoms with Gasteiger partial charge in [-0.25, -0.2) is 0 Å². The van der Waals surface area contributed by atoms with Gasteiger partial charge in [-0.1, -0.05) is 166 Å². The lowest BCUT2D eigenvalue weighted by molar-refractivity contribution is 0.113. The van der Waals surface area contributed by atoms with E-state index in [4.69, 9.17) is 9.47 Å². The SMILES string of the molecule is CCCCCCCN(CCCCCC)CCCCOCc1ccccc1-c1ccccc1COCCCCN(CCCCCC)CCCCCCC. The van der Waals surface area contributed by atoms with E-state index < -0.39 is 0 Å². The van der Waals surface area contributed by atoms with Crippen molar-refractivity contribution in [3.05, 3.63) is 59.7 Å². The van der Waals surface area contributed by atoms with E-state index in [1.54, 1.807) is 0 Å². The van der Waals surface area contributed by atoms with E-state index in [9.17, 15) is 0 Å². The molecule has 0 radical (unpaired) electrons. The zero-order chi connectivity index (χ0) is 37.2. The van der Waals surface area contributed by atoms with Crippen LogP contribution in [-0.4, -0.2) is 62.3 Å². The van der Waals surface area contributed by atoms with E-state index in [2.05, 4.69) is 86.0 Å². The molecule has 52 heavy (non-hydrogen) atoms. The van der Waals surface area contributed by atoms with Crippen molar-refractivity contribution < 1.29 is 9.47 Å². The van der Waals surface area contributed by atoms with E-state index in [-0.39, 0.29) is 0 Å². The zero-order valence-corrected chi connectivity index (χ0v) is 35.0. The van der Waals surface area contributed by atoms with E-state index >= 15 is 0 Å². The van der Waals surface area contributed by atoms with Gasteiger partial charge in [-0.05, 0) is 113 Å². The monoisotopic (exact) mass is 721 g/mol. The third-order valence-corrected chi connectivity index (χ3v) is 10.7. The van der Waals surface area contributed by atoms with Crippen LogP contribution >= 0.6 is 0 Å². The molecule has 0 spiro atoms. The summed E-state index contributed by atoms with van der Waals surface area (Å²) in [5.74, 6) is 0. The van der Waals surface area contributed by atoms with Gasteiger partial charge in [-0.15, -0.1) is 0 Å². The molecule has 2 aromatic rings. The molecule has 298 valence electrons. The fourth-order valence-electron chi connectivity index (χ4n) is 7.33. The Hall–Kier alpha value is -1.72. The van der Waals surface area contributed by atoms with Crippen molar-refractivity contribution in [1.82, 2.24) is 9.80 Å². The summed E-state index contributed by atoms with van der Waals surface area (Å²) in [5, 5.41) is 0. The summed E-state index contributed by atoms with van der Waals surface area (Å²) in [6.07, 6.45) is 29.2. The van der Waals surface area contributed by atoms with Gasteiger partial charge in [0.25, 0.3) is 0 Å². The highest BCUT2D eigenvalue weighted by Crippen LogP contribution is 2.28. The summed E-state index contributed by atoms with van der Waals surface area (Å²) in [7, 11) is 0. The molecular formula is C48H84N2O2. The maximum absolute atomic E-state index is 6.31. The smallest absolute Gasteiger partial charge is 0.0722 e. The van der Waals surface area contributed by atoms with Crippen LogP contribution in [0.5, 0.6) is 0 Å². The highest BCUT2D eigenvalue weighted by atomic mass is 16.5. The van der Waals surface area contributed by atoms with Crippen LogP contribution < -0.4 is 0 Å². The molecule has 4 heteroatoms. The quantitative estimate of drug-likeness (QED) is 0.0649. The first-order chi connectivity index (χ1) is 25.7. The van der Waals surface area contributed by atoms with Gasteiger partial charge in [0, 0.05) is 13.2 Å². The third kappa shape index (κ3) is 23.1. The largest absolute Gasteiger partial charge is 0.377 e. The predicted octanol–water partition coefficient (Wildman–Crippen LogP) is 13.7. The molecule has 0 aliphatic carbocycles. The van der Waals surface area contributed by atoms with Crippen molar-refractivity contribution in [1.29, 1.82) is 0 Å². The second-order valence-electron chi connectivity index (χ2n) is 15.5. The fourth-order valence-corrected chi connectivity index (χ4v) is 7.33. The molecule has 0 aliphatic heterocycles. The molecule has 0 unspecified atom stereocenters. The van der Waals surface area contributed by atoms with Gasteiger partial charge >= 0.3 is 0 Å². The standard InChI is InChI=1S/C48H84N2O2/c1-5-9-13-17-25-37-49(35-23-15-11-7-3)39-27-29-41-51-43-45-31-19-21-33-47(45)48-34-22-20-32-46(48)44-52-42-30-28-40-50(36-24-16-12-8-4)38-26-18-14-10-6-2/h19-22,31-34H,5-18,23-30,35-44H2,1-4H3. The molecule has 0 atom stereocenters. The Morgan fingerprint density at radius 1 is 0.346 bits per heavy atom. The molecule has 0 heterocycles. The Kier molecular flexibility index (Phi) is 30.2. The number of benzene rings is 2. The molecule has 0 bridgehead atoms. The molecule has 4 nitrogen and oxygen atoms in total. The van der Waals surface area contributed by atoms with Gasteiger partial charge in [-0.3, -0.25) is 0 Å². The molecule has 0 aromatic heterocycles. The van der Waals surface area contributed by atoms with E-state index in [1.807, 2.05) is 0 Å². The number of ether oxygens (including phenoxy) is 2. The number of rotatable bonds is 37. The van der Waals surface area contributed by atoms with Crippen LogP contribution in [0.2, 0.25) is 0 Å². The van der Waals surface area contributed by atoms with Crippen LogP contribution in [0.1, 0.15) is 180 Å². The lowest BCUT2D eigenvalue weighted by atomic mass is 9.96. The summed E-state index contributed by atoms with van der Waals surface area (Å²) >= 11 is 0. The minimum atomic E-state index is 0.664. The van der Waals surface area contributed by atoms with Crippen LogP contribution in [0.4, 0.5) is 0 Å². The summed E-state index contributed by atoms with van der Waals surface area (Å²) in [5.41, 5.74) is 5.10. The molecule has 0 aliphatic rings. The normalized spacial score (nSPS) is 11.7. The van der Waals surface area contributed by atoms with Gasteiger partial charge < -0.3 is 19.3 Å². The Bertz CT molecular complexity index is 975. The number of unbranched alkanes of at least 4 members (excludes halogenated alkanes) is 16. The molecule has 0 N–H and O–H groups in total. The second kappa shape index (κ2) is 33.8. The van der Waals surface area contributed by atoms with Gasteiger partial charge in [0.1, 0.15) is 0 Å². The van der Waals surface area contributed by atoms with Gasteiger partial charge in [0.2, 0.25) is 0 Å². The van der Waals surface area contributed by atoms with Crippen LogP contribution in [0.3, 0.4) is 0 Å². The molecular weight excluding hydrogens is 637 g/mol. The first-order valence-corrected chi connectivity index (χ1v) is 22.5. The molecule has 0 saturated heterocycles. The first kappa shape index (κ1) is 46.4. The number of hydrogen-bond donors (Lipinski definition) is 0. The molecule has 0 saturated carbocycles. The van der Waals surface area contributed by atoms with E-state index in [1.165, 1.54) is 190 Å². The Balaban J connectivity index is 1.77. The van der Waals surface area contributed by atoms with Gasteiger partial charge in [0.15, 0.2) is 0 Å². The Morgan fingerprint density at radius 2 is 0.635 bits per heavy atom. The number of hydrogen-bond acceptors (Lipinski definition) is 4. The lowest BCUT2D eigenvalue weighted by Gasteiger charge is -2.22. The van der Waals surface area contributed by atoms with Gasteiger partial charge in [0.05, 0.1) is 13.2 Å². The van der Waals surface area contributed by atoms with Crippen LogP contribution in [0.25, 0.3) is 11.1 Å². The lowest BCUT2D eigenvalue weighted by Crippen LogP contribution is -2.27. The van der Waals surface area contributed by atoms with Gasteiger partial charge in [-0.2, -0.15) is 0 Å². The van der Waals surface area contributed by atoms with Crippen molar-refractivity contribution in [2.24, 2.45) is 0 Å². The Morgan fingerprint density at radius 3 is 0.981 bits per heavy atom. The zero-order valence-electron chi connectivity index (χ0n) is 35.0. The maximum Gasteiger partial charge on any atom is 0.0722 e. The van der Waals surface area contributed by atoms with Crippen molar-refractivity contribution in [3.8, 4) is 11.1 Å². The van der Waals surface area contributed by atoms with E-state index in [0.717, 1.165) is 26.1 Å². The maximum atomic E-state index is 6.31. The molecule has 0 fully saturated rings. The van der Waals surface area contributed by atoms with Crippen LogP contribution in [0, 0.1) is 0 Å². The second-order valence-corrected chi connectivity index (χ2v) is 15.5. The fraction of sp³-hybridized carbons (Fsp3) is 0.750. The summed E-state index contributed by atoms with van der Waals surface area (Å²) < 4.78 is 12.6. The summed E-state index contributed by atoms with van der Waals surface area (Å²) in [6.45, 7) is 19.7. The highest BCUT2D eigenvalue weighted by Gasteiger charge is 2.11. The topological polar surface area (TPSA) is 24.9 Å². The van der Waals surface area contributed by atoms with Crippen molar-refractivity contribution in [2.75, 3.05) is 52.5 Å². The highest BCUT2D eigenvalue weighted by molar-refractivity contribution is 5.70. The Labute approximate surface area is 323 Å². The summed E-state index contributed by atoms with van der Waals surface area (Å²) in [4.78, 5) is 5.47. The minimum Gasteiger partial charge on any atom is -0.377 e. The van der Waals surface area contributed by atoms with E-state index in [0.29, 0.717) is 13.2 Å². The van der Waals surface area contributed by atoms with Crippen LogP contribution in [-0.2, 0) is 22.7 Å². The average Bonchev–Trinajstić information content (AvgIpc) is 3.17. The third-order valence-electron chi connectivity index (χ3n) is 10.7. The first-order valence-electron chi connectivity index (χ1n) is 22.5. The minimum absolute atomic E-state index is 0.664. The van der Waals surface area contributed by atoms with Crippen molar-refractivity contribution >= 4 is 0 Å².